The van der Waals surface area contributed by atoms with Crippen LogP contribution in [0.5, 0.6) is 0 Å². The first kappa shape index (κ1) is 16.6. The highest BCUT2D eigenvalue weighted by Gasteiger charge is 2.14. The van der Waals surface area contributed by atoms with Crippen LogP contribution in [0.25, 0.3) is 22.0 Å². The maximum absolute atomic E-state index is 11.9. The monoisotopic (exact) mass is 354 g/mol. The molecule has 5 heteroatoms. The molecule has 4 rings (SSSR count). The first-order chi connectivity index (χ1) is 13.1. The van der Waals surface area contributed by atoms with Crippen LogP contribution in [0, 0.1) is 0 Å². The van der Waals surface area contributed by atoms with Crippen molar-refractivity contribution in [3.05, 3.63) is 84.6 Å². The molecule has 0 spiro atoms. The number of hydrogen-bond acceptors (Lipinski definition) is 4. The number of nitrogens with one attached hydrogen (secondary N) is 1. The maximum atomic E-state index is 11.9. The lowest BCUT2D eigenvalue weighted by Gasteiger charge is -2.14. The molecular weight excluding hydrogens is 336 g/mol. The lowest BCUT2D eigenvalue weighted by Crippen LogP contribution is -2.14. The average molecular weight is 354 g/mol. The summed E-state index contributed by atoms with van der Waals surface area (Å²) in [4.78, 5) is 16.3. The second-order valence-corrected chi connectivity index (χ2v) is 6.26. The summed E-state index contributed by atoms with van der Waals surface area (Å²) in [6.07, 6.45) is 1.52. The zero-order valence-electron chi connectivity index (χ0n) is 14.5. The average Bonchev–Trinajstić information content (AvgIpc) is 2.69. The highest BCUT2D eigenvalue weighted by atomic mass is 16.1. The number of nitrogen functional groups attached to an aromatic ring is 1. The minimum Gasteiger partial charge on any atom is -0.399 e. The van der Waals surface area contributed by atoms with Gasteiger partial charge in [-0.3, -0.25) is 9.78 Å². The van der Waals surface area contributed by atoms with Crippen molar-refractivity contribution in [2.75, 3.05) is 11.1 Å². The molecule has 1 aromatic heterocycles. The first-order valence-electron chi connectivity index (χ1n) is 8.52. The van der Waals surface area contributed by atoms with Gasteiger partial charge in [0.1, 0.15) is 0 Å². The van der Waals surface area contributed by atoms with E-state index in [2.05, 4.69) is 10.3 Å². The minimum absolute atomic E-state index is 0.353. The number of aromatic nitrogens is 1. The Bertz CT molecular complexity index is 1120. The van der Waals surface area contributed by atoms with Gasteiger partial charge in [0.2, 0.25) is 0 Å². The molecule has 0 aliphatic heterocycles. The third-order valence-corrected chi connectivity index (χ3v) is 4.42. The van der Waals surface area contributed by atoms with Crippen LogP contribution in [0.3, 0.4) is 0 Å². The molecule has 1 heterocycles. The topological polar surface area (TPSA) is 94.0 Å². The SMILES string of the molecule is NC(=O)c1cnc2cc(-c3ccc(N)cc3)ccc2c1Nc1ccccc1. The zero-order chi connectivity index (χ0) is 18.8. The normalized spacial score (nSPS) is 10.7. The van der Waals surface area contributed by atoms with E-state index in [1.807, 2.05) is 72.8 Å². The number of carbonyl (C=O) groups is 1. The standard InChI is InChI=1S/C22H18N4O/c23-16-9-6-14(7-10-16)15-8-11-18-20(12-15)25-13-19(22(24)27)21(18)26-17-4-2-1-3-5-17/h1-13H,23H2,(H2,24,27)(H,25,26). The van der Waals surface area contributed by atoms with Crippen LogP contribution in [0.2, 0.25) is 0 Å². The van der Waals surface area contributed by atoms with Crippen molar-refractivity contribution < 1.29 is 4.79 Å². The summed E-state index contributed by atoms with van der Waals surface area (Å²) in [6.45, 7) is 0. The molecule has 0 aliphatic rings. The molecule has 0 radical (unpaired) electrons. The van der Waals surface area contributed by atoms with Crippen LogP contribution in [0.1, 0.15) is 10.4 Å². The fourth-order valence-electron chi connectivity index (χ4n) is 3.04. The van der Waals surface area contributed by atoms with Crippen molar-refractivity contribution in [1.29, 1.82) is 0 Å². The number of amides is 1. The van der Waals surface area contributed by atoms with E-state index in [0.717, 1.165) is 33.4 Å². The quantitative estimate of drug-likeness (QED) is 0.476. The van der Waals surface area contributed by atoms with Gasteiger partial charge in [0.25, 0.3) is 5.91 Å². The molecule has 3 aromatic carbocycles. The van der Waals surface area contributed by atoms with Crippen LogP contribution in [-0.2, 0) is 0 Å². The molecule has 1 amide bonds. The summed E-state index contributed by atoms with van der Waals surface area (Å²) in [5, 5.41) is 4.13. The van der Waals surface area contributed by atoms with Gasteiger partial charge in [0.05, 0.1) is 16.8 Å². The van der Waals surface area contributed by atoms with Gasteiger partial charge >= 0.3 is 0 Å². The van der Waals surface area contributed by atoms with E-state index in [-0.39, 0.29) is 0 Å². The third kappa shape index (κ3) is 3.30. The summed E-state index contributed by atoms with van der Waals surface area (Å²) in [7, 11) is 0. The van der Waals surface area contributed by atoms with Crippen LogP contribution in [0.15, 0.2) is 79.0 Å². The van der Waals surface area contributed by atoms with Crippen LogP contribution >= 0.6 is 0 Å². The molecule has 27 heavy (non-hydrogen) atoms. The van der Waals surface area contributed by atoms with Gasteiger partial charge < -0.3 is 16.8 Å². The fraction of sp³-hybridized carbons (Fsp3) is 0. The third-order valence-electron chi connectivity index (χ3n) is 4.42. The predicted molar refractivity (Wildman–Crippen MR) is 110 cm³/mol. The lowest BCUT2D eigenvalue weighted by atomic mass is 10.0. The highest BCUT2D eigenvalue weighted by molar-refractivity contribution is 6.08. The van der Waals surface area contributed by atoms with Crippen LogP contribution < -0.4 is 16.8 Å². The van der Waals surface area contributed by atoms with Crippen molar-refractivity contribution in [2.45, 2.75) is 0 Å². The van der Waals surface area contributed by atoms with Crippen molar-refractivity contribution in [3.63, 3.8) is 0 Å². The molecule has 5 N–H and O–H groups in total. The Balaban J connectivity index is 1.85. The summed E-state index contributed by atoms with van der Waals surface area (Å²) in [5.41, 5.74) is 16.8. The highest BCUT2D eigenvalue weighted by Crippen LogP contribution is 2.32. The first-order valence-corrected chi connectivity index (χ1v) is 8.52. The molecule has 5 nitrogen and oxygen atoms in total. The van der Waals surface area contributed by atoms with E-state index in [4.69, 9.17) is 11.5 Å². The zero-order valence-corrected chi connectivity index (χ0v) is 14.5. The second kappa shape index (κ2) is 6.80. The summed E-state index contributed by atoms with van der Waals surface area (Å²) in [5.74, 6) is -0.523. The number of nitrogens with zero attached hydrogens (tertiary/aromatic N) is 1. The van der Waals surface area contributed by atoms with Crippen LogP contribution in [0.4, 0.5) is 17.1 Å². The molecule has 0 saturated heterocycles. The smallest absolute Gasteiger partial charge is 0.252 e. The van der Waals surface area contributed by atoms with Crippen molar-refractivity contribution in [1.82, 2.24) is 4.98 Å². The Morgan fingerprint density at radius 1 is 0.889 bits per heavy atom. The summed E-state index contributed by atoms with van der Waals surface area (Å²) >= 11 is 0. The Morgan fingerprint density at radius 2 is 1.59 bits per heavy atom. The van der Waals surface area contributed by atoms with Gasteiger partial charge in [-0.05, 0) is 41.5 Å². The molecule has 0 aliphatic carbocycles. The number of pyridine rings is 1. The fourth-order valence-corrected chi connectivity index (χ4v) is 3.04. The second-order valence-electron chi connectivity index (χ2n) is 6.26. The van der Waals surface area contributed by atoms with Crippen molar-refractivity contribution in [2.24, 2.45) is 5.73 Å². The molecule has 0 fully saturated rings. The Morgan fingerprint density at radius 3 is 2.30 bits per heavy atom. The number of anilines is 3. The number of hydrogen-bond donors (Lipinski definition) is 3. The minimum atomic E-state index is -0.523. The Labute approximate surface area is 156 Å². The number of para-hydroxylation sites is 1. The van der Waals surface area contributed by atoms with Gasteiger partial charge in [0, 0.05) is 23.0 Å². The molecule has 132 valence electrons. The summed E-state index contributed by atoms with van der Waals surface area (Å²) < 4.78 is 0. The van der Waals surface area contributed by atoms with Gasteiger partial charge in [0.15, 0.2) is 0 Å². The van der Waals surface area contributed by atoms with Gasteiger partial charge in [-0.1, -0.05) is 42.5 Å². The molecule has 0 unspecified atom stereocenters. The van der Waals surface area contributed by atoms with E-state index in [1.165, 1.54) is 6.20 Å². The van der Waals surface area contributed by atoms with E-state index in [9.17, 15) is 4.79 Å². The number of fused-ring (bicyclic) bond motifs is 1. The van der Waals surface area contributed by atoms with E-state index in [1.54, 1.807) is 0 Å². The van der Waals surface area contributed by atoms with Gasteiger partial charge in [-0.15, -0.1) is 0 Å². The largest absolute Gasteiger partial charge is 0.399 e. The van der Waals surface area contributed by atoms with Crippen LogP contribution in [-0.4, -0.2) is 10.9 Å². The Hall–Kier alpha value is -3.86. The van der Waals surface area contributed by atoms with E-state index in [0.29, 0.717) is 11.3 Å². The molecule has 4 aromatic rings. The molecule has 0 bridgehead atoms. The van der Waals surface area contributed by atoms with E-state index < -0.39 is 5.91 Å². The van der Waals surface area contributed by atoms with Crippen molar-refractivity contribution in [3.8, 4) is 11.1 Å². The predicted octanol–water partition coefficient (Wildman–Crippen LogP) is 4.33. The van der Waals surface area contributed by atoms with Gasteiger partial charge in [-0.25, -0.2) is 0 Å². The van der Waals surface area contributed by atoms with Gasteiger partial charge in [-0.2, -0.15) is 0 Å². The maximum Gasteiger partial charge on any atom is 0.252 e. The number of nitrogens with two attached hydrogens (primary N) is 2. The Kier molecular flexibility index (Phi) is 4.18. The number of primary amides is 1. The molecule has 0 atom stereocenters. The number of rotatable bonds is 4. The lowest BCUT2D eigenvalue weighted by molar-refractivity contribution is 0.100. The number of benzene rings is 3. The molecule has 0 saturated carbocycles. The van der Waals surface area contributed by atoms with E-state index >= 15 is 0 Å². The summed E-state index contributed by atoms with van der Waals surface area (Å²) in [6, 6.07) is 23.3. The van der Waals surface area contributed by atoms with Crippen molar-refractivity contribution >= 4 is 33.9 Å². The number of carbonyl (C=O) groups excluding carboxylic acids is 1. The molecular formula is C22H18N4O.